The van der Waals surface area contributed by atoms with E-state index in [0.717, 1.165) is 10.4 Å². The number of nitrogens with one attached hydrogen (secondary N) is 1. The van der Waals surface area contributed by atoms with Crippen molar-refractivity contribution in [2.24, 2.45) is 0 Å². The fraction of sp³-hybridized carbons (Fsp3) is 0.588. The molecule has 0 unspecified atom stereocenters. The zero-order chi connectivity index (χ0) is 20.3. The second kappa shape index (κ2) is 6.75. The third-order valence-corrected chi connectivity index (χ3v) is 8.79. The van der Waals surface area contributed by atoms with Crippen molar-refractivity contribution in [2.45, 2.75) is 49.2 Å². The van der Waals surface area contributed by atoms with Crippen molar-refractivity contribution < 1.29 is 26.0 Å². The number of nitrogens with zero attached hydrogens (tertiary/aromatic N) is 2. The first kappa shape index (κ1) is 19.7. The minimum atomic E-state index is -3.95. The zero-order valence-corrected chi connectivity index (χ0v) is 17.0. The average Bonchev–Trinajstić information content (AvgIpc) is 3.35. The highest BCUT2D eigenvalue weighted by atomic mass is 32.2. The number of fused-ring (bicyclic) bond motifs is 1. The summed E-state index contributed by atoms with van der Waals surface area (Å²) in [5.74, 6) is -1.24. The van der Waals surface area contributed by atoms with E-state index in [-0.39, 0.29) is 36.2 Å². The molecule has 11 heteroatoms. The Bertz CT molecular complexity index is 1020. The van der Waals surface area contributed by atoms with Crippen LogP contribution in [0.1, 0.15) is 24.8 Å². The molecule has 3 aliphatic rings. The monoisotopic (exact) mass is 431 g/mol. The number of sulfonamides is 2. The molecule has 0 aromatic heterocycles. The molecular formula is C17H22FN3O5S2. The van der Waals surface area contributed by atoms with Crippen molar-refractivity contribution in [2.75, 3.05) is 18.8 Å². The molecule has 1 aromatic carbocycles. The highest BCUT2D eigenvalue weighted by Gasteiger charge is 2.50. The fourth-order valence-corrected chi connectivity index (χ4v) is 6.83. The standard InChI is InChI=1S/C17H22FN3O5S2/c1-11-2-5-14(9-15(11)18)28(25,26)19-12-8-16-17(22)21(13-3-4-13)27(23,24)7-6-20(16)10-12/h2,5,9,12-13,16,19H,3-4,6-8,10H2,1H3/t12-,16-/m0/s1. The minimum absolute atomic E-state index is 0.158. The van der Waals surface area contributed by atoms with Gasteiger partial charge in [-0.15, -0.1) is 0 Å². The molecule has 1 amide bonds. The van der Waals surface area contributed by atoms with Gasteiger partial charge in [-0.1, -0.05) is 6.07 Å². The smallest absolute Gasteiger partial charge is 0.253 e. The third kappa shape index (κ3) is 3.56. The minimum Gasteiger partial charge on any atom is -0.289 e. The van der Waals surface area contributed by atoms with Crippen molar-refractivity contribution in [3.8, 4) is 0 Å². The Hall–Kier alpha value is -1.56. The summed E-state index contributed by atoms with van der Waals surface area (Å²) in [4.78, 5) is 14.4. The van der Waals surface area contributed by atoms with Crippen molar-refractivity contribution in [3.05, 3.63) is 29.6 Å². The van der Waals surface area contributed by atoms with Crippen LogP contribution in [0.4, 0.5) is 4.39 Å². The first-order valence-corrected chi connectivity index (χ1v) is 12.3. The van der Waals surface area contributed by atoms with Gasteiger partial charge >= 0.3 is 0 Å². The molecule has 1 aliphatic carbocycles. The van der Waals surface area contributed by atoms with E-state index in [4.69, 9.17) is 0 Å². The summed E-state index contributed by atoms with van der Waals surface area (Å²) in [6.45, 7) is 1.96. The van der Waals surface area contributed by atoms with E-state index in [0.29, 0.717) is 18.4 Å². The summed E-state index contributed by atoms with van der Waals surface area (Å²) >= 11 is 0. The van der Waals surface area contributed by atoms with Crippen LogP contribution in [0, 0.1) is 12.7 Å². The summed E-state index contributed by atoms with van der Waals surface area (Å²) in [5, 5.41) is 0. The maximum absolute atomic E-state index is 13.8. The van der Waals surface area contributed by atoms with Gasteiger partial charge in [0.05, 0.1) is 16.7 Å². The molecule has 1 N–H and O–H groups in total. The molecule has 0 radical (unpaired) electrons. The maximum Gasteiger partial charge on any atom is 0.253 e. The van der Waals surface area contributed by atoms with E-state index >= 15 is 0 Å². The summed E-state index contributed by atoms with van der Waals surface area (Å²) in [6, 6.07) is 2.22. The Morgan fingerprint density at radius 3 is 2.61 bits per heavy atom. The molecule has 0 bridgehead atoms. The lowest BCUT2D eigenvalue weighted by molar-refractivity contribution is -0.130. The quantitative estimate of drug-likeness (QED) is 0.730. The van der Waals surface area contributed by atoms with Gasteiger partial charge in [0.2, 0.25) is 20.0 Å². The number of hydrogen-bond acceptors (Lipinski definition) is 6. The van der Waals surface area contributed by atoms with Crippen LogP contribution < -0.4 is 4.72 Å². The predicted octanol–water partition coefficient (Wildman–Crippen LogP) is 0.190. The number of benzene rings is 1. The van der Waals surface area contributed by atoms with E-state index in [9.17, 15) is 26.0 Å². The molecule has 2 saturated heterocycles. The number of carbonyl (C=O) groups is 1. The van der Waals surface area contributed by atoms with Gasteiger partial charge in [-0.2, -0.15) is 0 Å². The largest absolute Gasteiger partial charge is 0.289 e. The van der Waals surface area contributed by atoms with Gasteiger partial charge in [0.15, 0.2) is 0 Å². The predicted molar refractivity (Wildman–Crippen MR) is 98.9 cm³/mol. The van der Waals surface area contributed by atoms with E-state index in [1.54, 1.807) is 11.8 Å². The van der Waals surface area contributed by atoms with E-state index in [1.165, 1.54) is 12.1 Å². The number of amides is 1. The Kier molecular flexibility index (Phi) is 4.76. The van der Waals surface area contributed by atoms with Crippen LogP contribution in [0.2, 0.25) is 0 Å². The first-order chi connectivity index (χ1) is 13.1. The van der Waals surface area contributed by atoms with Crippen LogP contribution in [-0.2, 0) is 24.8 Å². The lowest BCUT2D eigenvalue weighted by Crippen LogP contribution is -2.45. The highest BCUT2D eigenvalue weighted by molar-refractivity contribution is 7.89. The average molecular weight is 432 g/mol. The second-order valence-electron chi connectivity index (χ2n) is 7.66. The van der Waals surface area contributed by atoms with Crippen LogP contribution in [0.25, 0.3) is 0 Å². The Morgan fingerprint density at radius 1 is 1.25 bits per heavy atom. The van der Waals surface area contributed by atoms with Gasteiger partial charge < -0.3 is 0 Å². The van der Waals surface area contributed by atoms with Crippen molar-refractivity contribution in [3.63, 3.8) is 0 Å². The van der Waals surface area contributed by atoms with E-state index in [2.05, 4.69) is 4.72 Å². The molecule has 1 aromatic rings. The summed E-state index contributed by atoms with van der Waals surface area (Å²) < 4.78 is 67.3. The number of halogens is 1. The fourth-order valence-electron chi connectivity index (χ4n) is 3.85. The molecule has 8 nitrogen and oxygen atoms in total. The highest BCUT2D eigenvalue weighted by Crippen LogP contribution is 2.34. The van der Waals surface area contributed by atoms with Crippen LogP contribution in [-0.4, -0.2) is 68.9 Å². The molecule has 28 heavy (non-hydrogen) atoms. The molecule has 154 valence electrons. The van der Waals surface area contributed by atoms with Crippen molar-refractivity contribution in [1.82, 2.24) is 13.9 Å². The second-order valence-corrected chi connectivity index (χ2v) is 11.3. The Balaban J connectivity index is 1.52. The van der Waals surface area contributed by atoms with Crippen molar-refractivity contribution >= 4 is 26.0 Å². The van der Waals surface area contributed by atoms with Crippen molar-refractivity contribution in [1.29, 1.82) is 0 Å². The molecular weight excluding hydrogens is 409 g/mol. The number of aryl methyl sites for hydroxylation is 1. The van der Waals surface area contributed by atoms with Gasteiger partial charge in [-0.05, 0) is 43.9 Å². The first-order valence-electron chi connectivity index (χ1n) is 9.17. The van der Waals surface area contributed by atoms with Crippen LogP contribution in [0.15, 0.2) is 23.1 Å². The van der Waals surface area contributed by atoms with Gasteiger partial charge in [0, 0.05) is 25.2 Å². The van der Waals surface area contributed by atoms with E-state index < -0.39 is 43.9 Å². The third-order valence-electron chi connectivity index (χ3n) is 5.50. The maximum atomic E-state index is 13.8. The Morgan fingerprint density at radius 2 is 1.96 bits per heavy atom. The van der Waals surface area contributed by atoms with Gasteiger partial charge in [-0.3, -0.25) is 9.69 Å². The normalized spacial score (nSPS) is 28.2. The van der Waals surface area contributed by atoms with Gasteiger partial charge in [0.25, 0.3) is 5.91 Å². The van der Waals surface area contributed by atoms with E-state index in [1.807, 2.05) is 0 Å². The lowest BCUT2D eigenvalue weighted by atomic mass is 10.1. The lowest BCUT2D eigenvalue weighted by Gasteiger charge is -2.23. The van der Waals surface area contributed by atoms with Crippen LogP contribution in [0.5, 0.6) is 0 Å². The molecule has 3 fully saturated rings. The van der Waals surface area contributed by atoms with Crippen LogP contribution >= 0.6 is 0 Å². The topological polar surface area (TPSA) is 104 Å². The number of hydrogen-bond donors (Lipinski definition) is 1. The van der Waals surface area contributed by atoms with Gasteiger partial charge in [-0.25, -0.2) is 30.3 Å². The summed E-state index contributed by atoms with van der Waals surface area (Å²) in [7, 11) is -7.58. The number of carbonyl (C=O) groups excluding carboxylic acids is 1. The number of rotatable bonds is 4. The summed E-state index contributed by atoms with van der Waals surface area (Å²) in [5.41, 5.74) is 0.347. The molecule has 0 spiro atoms. The SMILES string of the molecule is Cc1ccc(S(=O)(=O)N[C@H]2C[C@H]3C(=O)N(C4CC4)S(=O)(=O)CCN3C2)cc1F. The molecule has 2 aliphatic heterocycles. The zero-order valence-electron chi connectivity index (χ0n) is 15.3. The molecule has 4 rings (SSSR count). The Labute approximate surface area is 163 Å². The molecule has 2 heterocycles. The summed E-state index contributed by atoms with van der Waals surface area (Å²) in [6.07, 6.45) is 1.53. The molecule has 1 saturated carbocycles. The van der Waals surface area contributed by atoms with Crippen LogP contribution in [0.3, 0.4) is 0 Å². The molecule has 2 atom stereocenters. The van der Waals surface area contributed by atoms with Gasteiger partial charge in [0.1, 0.15) is 5.82 Å².